The normalized spacial score (nSPS) is 12.2. The maximum absolute atomic E-state index is 11.4. The number of carboxylic acids is 1. The fourth-order valence-corrected chi connectivity index (χ4v) is 2.39. The van der Waals surface area contributed by atoms with Gasteiger partial charge in [-0.05, 0) is 31.0 Å². The first-order chi connectivity index (χ1) is 10.0. The van der Waals surface area contributed by atoms with E-state index in [1.54, 1.807) is 12.1 Å². The van der Waals surface area contributed by atoms with Gasteiger partial charge in [-0.3, -0.25) is 0 Å². The summed E-state index contributed by atoms with van der Waals surface area (Å²) in [6.45, 7) is 4.64. The minimum atomic E-state index is -1.14. The average Bonchev–Trinajstić information content (AvgIpc) is 2.45. The molecule has 4 heteroatoms. The van der Waals surface area contributed by atoms with Crippen LogP contribution in [0.5, 0.6) is 0 Å². The molecule has 1 aromatic rings. The first-order valence-corrected chi connectivity index (χ1v) is 7.65. The molecule has 1 rings (SSSR count). The zero-order valence-corrected chi connectivity index (χ0v) is 13.5. The van der Waals surface area contributed by atoms with Crippen LogP contribution >= 0.6 is 0 Å². The smallest absolute Gasteiger partial charge is 0.0831 e. The Morgan fingerprint density at radius 2 is 2.00 bits per heavy atom. The lowest BCUT2D eigenvalue weighted by molar-refractivity contribution is -0.255. The minimum absolute atomic E-state index is 0.186. The summed E-state index contributed by atoms with van der Waals surface area (Å²) >= 11 is 0. The molecule has 0 radical (unpaired) electrons. The number of carbonyl (C=O) groups is 1. The number of carbonyl (C=O) groups excluding carboxylic acids is 1. The molecular formula is C17H26NO3-. The fraction of sp³-hybridized carbons (Fsp3) is 0.588. The number of anilines is 1. The van der Waals surface area contributed by atoms with E-state index >= 15 is 0 Å². The molecule has 0 heterocycles. The zero-order chi connectivity index (χ0) is 15.8. The second kappa shape index (κ2) is 8.67. The van der Waals surface area contributed by atoms with Crippen LogP contribution in [-0.4, -0.2) is 26.7 Å². The predicted octanol–water partition coefficient (Wildman–Crippen LogP) is 2.77. The van der Waals surface area contributed by atoms with Crippen LogP contribution in [0, 0.1) is 0 Å². The van der Waals surface area contributed by atoms with Crippen LogP contribution in [0.15, 0.2) is 18.2 Å². The monoisotopic (exact) mass is 292 g/mol. The van der Waals surface area contributed by atoms with Gasteiger partial charge in [0.05, 0.1) is 12.1 Å². The van der Waals surface area contributed by atoms with Crippen molar-refractivity contribution in [3.05, 3.63) is 29.3 Å². The van der Waals surface area contributed by atoms with Gasteiger partial charge in [0.25, 0.3) is 0 Å². The molecule has 1 aromatic carbocycles. The van der Waals surface area contributed by atoms with E-state index in [2.05, 4.69) is 6.92 Å². The summed E-state index contributed by atoms with van der Waals surface area (Å²) in [5, 5.41) is 11.4. The number of hydrogen-bond acceptors (Lipinski definition) is 4. The standard InChI is InChI=1S/C17H27NO3/c1-5-7-8-9-16(21-6-2)15-12-13(18(3)4)10-11-14(15)17(19)20/h10-12,16H,5-9H2,1-4H3,(H,19,20)/p-1. The third kappa shape index (κ3) is 5.05. The van der Waals surface area contributed by atoms with Crippen LogP contribution in [0.1, 0.15) is 61.6 Å². The van der Waals surface area contributed by atoms with Crippen molar-refractivity contribution in [1.29, 1.82) is 0 Å². The number of rotatable bonds is 9. The quantitative estimate of drug-likeness (QED) is 0.657. The zero-order valence-electron chi connectivity index (χ0n) is 13.5. The highest BCUT2D eigenvalue weighted by Gasteiger charge is 2.17. The van der Waals surface area contributed by atoms with Gasteiger partial charge in [0, 0.05) is 32.0 Å². The Morgan fingerprint density at radius 3 is 2.52 bits per heavy atom. The third-order valence-electron chi connectivity index (χ3n) is 3.56. The molecule has 0 aromatic heterocycles. The molecule has 0 aliphatic heterocycles. The molecule has 0 saturated carbocycles. The average molecular weight is 292 g/mol. The highest BCUT2D eigenvalue weighted by molar-refractivity contribution is 5.88. The number of hydrogen-bond donors (Lipinski definition) is 0. The number of benzene rings is 1. The molecule has 118 valence electrons. The van der Waals surface area contributed by atoms with Gasteiger partial charge in [0.15, 0.2) is 0 Å². The second-order valence-electron chi connectivity index (χ2n) is 5.39. The van der Waals surface area contributed by atoms with Gasteiger partial charge < -0.3 is 19.5 Å². The lowest BCUT2D eigenvalue weighted by atomic mass is 9.97. The van der Waals surface area contributed by atoms with E-state index in [1.165, 1.54) is 0 Å². The number of unbranched alkanes of at least 4 members (excludes halogenated alkanes) is 2. The summed E-state index contributed by atoms with van der Waals surface area (Å²) in [5.74, 6) is -1.14. The van der Waals surface area contributed by atoms with E-state index in [1.807, 2.05) is 32.0 Å². The van der Waals surface area contributed by atoms with Crippen molar-refractivity contribution in [1.82, 2.24) is 0 Å². The Hall–Kier alpha value is -1.55. The fourth-order valence-electron chi connectivity index (χ4n) is 2.39. The van der Waals surface area contributed by atoms with Gasteiger partial charge in [-0.2, -0.15) is 0 Å². The molecule has 0 N–H and O–H groups in total. The van der Waals surface area contributed by atoms with E-state index < -0.39 is 5.97 Å². The molecule has 21 heavy (non-hydrogen) atoms. The second-order valence-corrected chi connectivity index (χ2v) is 5.39. The Kier molecular flexibility index (Phi) is 7.23. The van der Waals surface area contributed by atoms with Crippen LogP contribution in [0.4, 0.5) is 5.69 Å². The van der Waals surface area contributed by atoms with Gasteiger partial charge >= 0.3 is 0 Å². The van der Waals surface area contributed by atoms with Gasteiger partial charge in [-0.15, -0.1) is 0 Å². The number of aromatic carboxylic acids is 1. The third-order valence-corrected chi connectivity index (χ3v) is 3.56. The van der Waals surface area contributed by atoms with Crippen LogP contribution < -0.4 is 10.0 Å². The molecule has 0 aliphatic rings. The molecule has 0 amide bonds. The first kappa shape index (κ1) is 17.5. The summed E-state index contributed by atoms with van der Waals surface area (Å²) < 4.78 is 5.79. The highest BCUT2D eigenvalue weighted by atomic mass is 16.5. The molecular weight excluding hydrogens is 266 g/mol. The summed E-state index contributed by atoms with van der Waals surface area (Å²) in [6, 6.07) is 5.31. The molecule has 1 atom stereocenters. The van der Waals surface area contributed by atoms with Crippen LogP contribution in [-0.2, 0) is 4.74 Å². The van der Waals surface area contributed by atoms with Crippen molar-refractivity contribution in [3.8, 4) is 0 Å². The van der Waals surface area contributed by atoms with Crippen molar-refractivity contribution >= 4 is 11.7 Å². The predicted molar refractivity (Wildman–Crippen MR) is 83.6 cm³/mol. The minimum Gasteiger partial charge on any atom is -0.545 e. The maximum atomic E-state index is 11.4. The van der Waals surface area contributed by atoms with Crippen molar-refractivity contribution < 1.29 is 14.6 Å². The molecule has 0 aliphatic carbocycles. The first-order valence-electron chi connectivity index (χ1n) is 7.65. The van der Waals surface area contributed by atoms with E-state index in [0.717, 1.165) is 36.9 Å². The lowest BCUT2D eigenvalue weighted by Gasteiger charge is -2.23. The van der Waals surface area contributed by atoms with Gasteiger partial charge in [0.2, 0.25) is 0 Å². The number of nitrogens with zero attached hydrogens (tertiary/aromatic N) is 1. The number of carboxylic acid groups (broad SMARTS) is 1. The van der Waals surface area contributed by atoms with Crippen molar-refractivity contribution in [2.24, 2.45) is 0 Å². The molecule has 4 nitrogen and oxygen atoms in total. The summed E-state index contributed by atoms with van der Waals surface area (Å²) in [7, 11) is 3.87. The van der Waals surface area contributed by atoms with Gasteiger partial charge in [0.1, 0.15) is 0 Å². The van der Waals surface area contributed by atoms with Crippen molar-refractivity contribution in [2.75, 3.05) is 25.6 Å². The lowest BCUT2D eigenvalue weighted by Crippen LogP contribution is -2.25. The Morgan fingerprint density at radius 1 is 1.29 bits per heavy atom. The van der Waals surface area contributed by atoms with Crippen molar-refractivity contribution in [2.45, 2.75) is 45.6 Å². The number of ether oxygens (including phenoxy) is 1. The Balaban J connectivity index is 3.12. The largest absolute Gasteiger partial charge is 0.545 e. The molecule has 0 fully saturated rings. The summed E-state index contributed by atoms with van der Waals surface area (Å²) in [4.78, 5) is 13.3. The molecule has 0 bridgehead atoms. The highest BCUT2D eigenvalue weighted by Crippen LogP contribution is 2.30. The Bertz CT molecular complexity index is 457. The summed E-state index contributed by atoms with van der Waals surface area (Å²) in [6.07, 6.45) is 3.93. The van der Waals surface area contributed by atoms with E-state index in [4.69, 9.17) is 4.74 Å². The molecule has 0 saturated heterocycles. The van der Waals surface area contributed by atoms with E-state index in [-0.39, 0.29) is 11.7 Å². The maximum Gasteiger partial charge on any atom is 0.0831 e. The van der Waals surface area contributed by atoms with E-state index in [0.29, 0.717) is 6.61 Å². The topological polar surface area (TPSA) is 52.6 Å². The molecule has 1 unspecified atom stereocenters. The van der Waals surface area contributed by atoms with Crippen molar-refractivity contribution in [3.63, 3.8) is 0 Å². The van der Waals surface area contributed by atoms with E-state index in [9.17, 15) is 9.90 Å². The molecule has 0 spiro atoms. The van der Waals surface area contributed by atoms with Crippen LogP contribution in [0.25, 0.3) is 0 Å². The van der Waals surface area contributed by atoms with Gasteiger partial charge in [-0.1, -0.05) is 32.3 Å². The SMILES string of the molecule is CCCCCC(OCC)c1cc(N(C)C)ccc1C(=O)[O-]. The van der Waals surface area contributed by atoms with Crippen LogP contribution in [0.3, 0.4) is 0 Å². The van der Waals surface area contributed by atoms with Gasteiger partial charge in [-0.25, -0.2) is 0 Å². The Labute approximate surface area is 127 Å². The summed E-state index contributed by atoms with van der Waals surface area (Å²) in [5.41, 5.74) is 1.92. The van der Waals surface area contributed by atoms with Crippen LogP contribution in [0.2, 0.25) is 0 Å².